The number of aromatic nitrogens is 4. The van der Waals surface area contributed by atoms with Gasteiger partial charge in [-0.15, -0.1) is 0 Å². The molecule has 1 aliphatic heterocycles. The molecule has 42 heavy (non-hydrogen) atoms. The maximum Gasteiger partial charge on any atom is 0.459 e. The molecule has 4 atom stereocenters. The first kappa shape index (κ1) is 31.3. The Hall–Kier alpha value is -3.62. The van der Waals surface area contributed by atoms with E-state index in [0.29, 0.717) is 17.6 Å². The summed E-state index contributed by atoms with van der Waals surface area (Å²) in [5.74, 6) is -0.379. The molecule has 0 aliphatic carbocycles. The topological polar surface area (TPSA) is 191 Å². The molecule has 0 saturated carbocycles. The van der Waals surface area contributed by atoms with E-state index in [0.717, 1.165) is 19.3 Å². The Morgan fingerprint density at radius 3 is 2.74 bits per heavy atom. The molecule has 15 nitrogen and oxygen atoms in total. The molecule has 1 aromatic carbocycles. The van der Waals surface area contributed by atoms with Gasteiger partial charge in [-0.2, -0.15) is 15.1 Å². The average molecular weight is 606 g/mol. The van der Waals surface area contributed by atoms with Gasteiger partial charge < -0.3 is 29.8 Å². The maximum atomic E-state index is 13.6. The third-order valence-electron chi connectivity index (χ3n) is 6.09. The van der Waals surface area contributed by atoms with E-state index in [1.165, 1.54) is 13.3 Å². The number of para-hydroxylation sites is 1. The number of fused-ring (bicyclic) bond motifs is 1. The van der Waals surface area contributed by atoms with Crippen LogP contribution in [0.1, 0.15) is 52.7 Å². The molecular formula is C26H36N7O8P. The van der Waals surface area contributed by atoms with Gasteiger partial charge >= 0.3 is 13.7 Å². The number of benzene rings is 1. The minimum absolute atomic E-state index is 0.0484. The van der Waals surface area contributed by atoms with Crippen molar-refractivity contribution in [3.63, 3.8) is 0 Å². The largest absolute Gasteiger partial charge is 0.465 e. The standard InChI is InChI=1S/C26H36N7O8P/c1-4-6-8-13-19(34)29-23-22-24(31-26(27)30-23)33(16-28-22)20-14-38-21(40-20)15-39-42(36,32-17(3)25(35)37-5-2)41-18-11-9-7-10-12-18/h7,9-12,16-17,20-21H,4-6,8,13-15H2,1-3H3,(H,32,36)(H3,27,29,30,31,34)/t17-,20+,21+,42?/m0/s1. The fraction of sp³-hybridized carbons (Fsp3) is 0.500. The number of hydrogen-bond acceptors (Lipinski definition) is 12. The second-order valence-electron chi connectivity index (χ2n) is 9.41. The van der Waals surface area contributed by atoms with E-state index in [1.54, 1.807) is 41.8 Å². The predicted octanol–water partition coefficient (Wildman–Crippen LogP) is 3.54. The van der Waals surface area contributed by atoms with Crippen LogP contribution in [0.15, 0.2) is 36.7 Å². The van der Waals surface area contributed by atoms with Gasteiger partial charge in [0.15, 0.2) is 29.5 Å². The molecule has 0 radical (unpaired) electrons. The molecule has 1 saturated heterocycles. The number of rotatable bonds is 15. The summed E-state index contributed by atoms with van der Waals surface area (Å²) >= 11 is 0. The molecule has 228 valence electrons. The summed E-state index contributed by atoms with van der Waals surface area (Å²) in [6.45, 7) is 5.16. The average Bonchev–Trinajstić information content (AvgIpc) is 3.60. The molecule has 16 heteroatoms. The van der Waals surface area contributed by atoms with Crippen LogP contribution in [-0.4, -0.2) is 63.5 Å². The van der Waals surface area contributed by atoms with Crippen LogP contribution in [0.25, 0.3) is 11.2 Å². The number of carbonyl (C=O) groups is 2. The summed E-state index contributed by atoms with van der Waals surface area (Å²) in [5.41, 5.74) is 6.60. The summed E-state index contributed by atoms with van der Waals surface area (Å²) in [7, 11) is -4.09. The van der Waals surface area contributed by atoms with Crippen LogP contribution < -0.4 is 20.7 Å². The van der Waals surface area contributed by atoms with Crippen LogP contribution in [0.5, 0.6) is 5.75 Å². The van der Waals surface area contributed by atoms with Crippen molar-refractivity contribution in [2.75, 3.05) is 30.9 Å². The molecule has 1 fully saturated rings. The predicted molar refractivity (Wildman–Crippen MR) is 152 cm³/mol. The fourth-order valence-electron chi connectivity index (χ4n) is 4.06. The van der Waals surface area contributed by atoms with Crippen LogP contribution in [-0.2, 0) is 32.9 Å². The molecule has 1 aliphatic rings. The van der Waals surface area contributed by atoms with Crippen molar-refractivity contribution in [2.24, 2.45) is 0 Å². The van der Waals surface area contributed by atoms with E-state index >= 15 is 0 Å². The number of ether oxygens (including phenoxy) is 3. The van der Waals surface area contributed by atoms with Crippen LogP contribution in [0.2, 0.25) is 0 Å². The zero-order valence-electron chi connectivity index (χ0n) is 23.7. The molecule has 3 aromatic rings. The van der Waals surface area contributed by atoms with Gasteiger partial charge in [-0.1, -0.05) is 38.0 Å². The molecule has 1 amide bonds. The Morgan fingerprint density at radius 2 is 2.00 bits per heavy atom. The van der Waals surface area contributed by atoms with E-state index in [-0.39, 0.29) is 43.2 Å². The number of hydrogen-bond donors (Lipinski definition) is 3. The molecule has 1 unspecified atom stereocenters. The van der Waals surface area contributed by atoms with Gasteiger partial charge in [0, 0.05) is 6.42 Å². The van der Waals surface area contributed by atoms with Crippen molar-refractivity contribution in [3.8, 4) is 5.75 Å². The summed E-state index contributed by atoms with van der Waals surface area (Å²) in [4.78, 5) is 37.3. The quantitative estimate of drug-likeness (QED) is 0.130. The third kappa shape index (κ3) is 8.23. The first-order chi connectivity index (χ1) is 20.2. The van der Waals surface area contributed by atoms with E-state index in [4.69, 9.17) is 29.0 Å². The van der Waals surface area contributed by atoms with Crippen LogP contribution >= 0.6 is 7.75 Å². The van der Waals surface area contributed by atoms with Crippen LogP contribution in [0.4, 0.5) is 11.8 Å². The first-order valence-electron chi connectivity index (χ1n) is 13.7. The zero-order chi connectivity index (χ0) is 30.1. The third-order valence-corrected chi connectivity index (χ3v) is 7.73. The number of amides is 1. The van der Waals surface area contributed by atoms with Gasteiger partial charge in [-0.05, 0) is 32.4 Å². The highest BCUT2D eigenvalue weighted by Gasteiger charge is 2.36. The highest BCUT2D eigenvalue weighted by Crippen LogP contribution is 2.45. The second-order valence-corrected chi connectivity index (χ2v) is 11.1. The summed E-state index contributed by atoms with van der Waals surface area (Å²) in [5, 5.41) is 5.36. The SMILES string of the molecule is CCCCCC(=O)Nc1nc(N)nc2c1ncn2[C@H]1CO[C@@H](COP(=O)(N[C@@H](C)C(=O)OCC)Oc2ccccc2)O1. The molecule has 2 aromatic heterocycles. The lowest BCUT2D eigenvalue weighted by Crippen LogP contribution is -2.35. The number of carbonyl (C=O) groups excluding carboxylic acids is 2. The van der Waals surface area contributed by atoms with Crippen molar-refractivity contribution in [2.45, 2.75) is 65.0 Å². The van der Waals surface area contributed by atoms with Crippen molar-refractivity contribution in [3.05, 3.63) is 36.7 Å². The van der Waals surface area contributed by atoms with Crippen LogP contribution in [0, 0.1) is 0 Å². The van der Waals surface area contributed by atoms with Gasteiger partial charge in [-0.3, -0.25) is 18.7 Å². The molecule has 3 heterocycles. The minimum Gasteiger partial charge on any atom is -0.465 e. The monoisotopic (exact) mass is 605 g/mol. The number of esters is 1. The van der Waals surface area contributed by atoms with Crippen molar-refractivity contribution in [1.82, 2.24) is 24.6 Å². The van der Waals surface area contributed by atoms with E-state index < -0.39 is 32.3 Å². The summed E-state index contributed by atoms with van der Waals surface area (Å²) < 4.78 is 43.2. The van der Waals surface area contributed by atoms with Crippen LogP contribution in [0.3, 0.4) is 0 Å². The molecule has 0 spiro atoms. The zero-order valence-corrected chi connectivity index (χ0v) is 24.6. The van der Waals surface area contributed by atoms with Crippen molar-refractivity contribution in [1.29, 1.82) is 0 Å². The highest BCUT2D eigenvalue weighted by atomic mass is 31.2. The number of nitrogens with one attached hydrogen (secondary N) is 2. The Balaban J connectivity index is 1.43. The maximum absolute atomic E-state index is 13.6. The lowest BCUT2D eigenvalue weighted by atomic mass is 10.2. The molecule has 4 rings (SSSR count). The Kier molecular flexibility index (Phi) is 10.8. The Morgan fingerprint density at radius 1 is 1.21 bits per heavy atom. The number of unbranched alkanes of at least 4 members (excludes halogenated alkanes) is 2. The highest BCUT2D eigenvalue weighted by molar-refractivity contribution is 7.52. The molecular weight excluding hydrogens is 569 g/mol. The number of nitrogens with zero attached hydrogens (tertiary/aromatic N) is 4. The van der Waals surface area contributed by atoms with Gasteiger partial charge in [0.1, 0.15) is 18.4 Å². The minimum atomic E-state index is -4.09. The lowest BCUT2D eigenvalue weighted by molar-refractivity contribution is -0.144. The van der Waals surface area contributed by atoms with Gasteiger partial charge in [-0.25, -0.2) is 9.55 Å². The second kappa shape index (κ2) is 14.5. The lowest BCUT2D eigenvalue weighted by Gasteiger charge is -2.23. The Labute approximate surface area is 243 Å². The van der Waals surface area contributed by atoms with Gasteiger partial charge in [0.05, 0.1) is 19.5 Å². The van der Waals surface area contributed by atoms with Gasteiger partial charge in [0.25, 0.3) is 0 Å². The van der Waals surface area contributed by atoms with E-state index in [2.05, 4.69) is 32.3 Å². The number of anilines is 2. The normalized spacial score (nSPS) is 18.8. The van der Waals surface area contributed by atoms with E-state index in [1.807, 2.05) is 0 Å². The molecule has 4 N–H and O–H groups in total. The number of imidazole rings is 1. The van der Waals surface area contributed by atoms with Gasteiger partial charge in [0.2, 0.25) is 11.9 Å². The number of nitrogen functional groups attached to an aromatic ring is 1. The van der Waals surface area contributed by atoms with Crippen molar-refractivity contribution < 1.29 is 37.4 Å². The summed E-state index contributed by atoms with van der Waals surface area (Å²) in [6, 6.07) is 7.41. The smallest absolute Gasteiger partial charge is 0.459 e. The first-order valence-corrected chi connectivity index (χ1v) is 15.3. The Bertz CT molecular complexity index is 1410. The fourth-order valence-corrected chi connectivity index (χ4v) is 5.54. The number of nitrogens with two attached hydrogens (primary N) is 1. The molecule has 0 bridgehead atoms. The van der Waals surface area contributed by atoms with E-state index in [9.17, 15) is 14.2 Å². The summed E-state index contributed by atoms with van der Waals surface area (Å²) in [6.07, 6.45) is 2.91. The van der Waals surface area contributed by atoms with Crippen molar-refractivity contribution >= 4 is 42.6 Å².